The zero-order valence-corrected chi connectivity index (χ0v) is 15.5. The Morgan fingerprint density at radius 1 is 1.15 bits per heavy atom. The average Bonchev–Trinajstić information content (AvgIpc) is 3.21. The van der Waals surface area contributed by atoms with Crippen molar-refractivity contribution in [1.82, 2.24) is 10.2 Å². The van der Waals surface area contributed by atoms with Crippen molar-refractivity contribution in [2.75, 3.05) is 26.3 Å². The average molecular weight is 360 g/mol. The van der Waals surface area contributed by atoms with Crippen molar-refractivity contribution in [2.45, 2.75) is 39.0 Å². The maximum atomic E-state index is 13.1. The Bertz CT molecular complexity index is 613. The fourth-order valence-electron chi connectivity index (χ4n) is 3.61. The second kappa shape index (κ2) is 8.64. The minimum absolute atomic E-state index is 0.00881. The molecule has 2 aliphatic rings. The molecule has 0 aliphatic carbocycles. The van der Waals surface area contributed by atoms with E-state index in [1.165, 1.54) is 0 Å². The molecule has 0 saturated carbocycles. The minimum Gasteiger partial charge on any atom is -0.350 e. The van der Waals surface area contributed by atoms with Crippen LogP contribution in [0.15, 0.2) is 30.3 Å². The van der Waals surface area contributed by atoms with Gasteiger partial charge in [0.05, 0.1) is 13.2 Å². The highest BCUT2D eigenvalue weighted by Gasteiger charge is 2.36. The number of carbonyl (C=O) groups excluding carboxylic acids is 2. The predicted molar refractivity (Wildman–Crippen MR) is 97.5 cm³/mol. The van der Waals surface area contributed by atoms with Crippen LogP contribution in [0.3, 0.4) is 0 Å². The molecule has 1 aromatic carbocycles. The van der Waals surface area contributed by atoms with Gasteiger partial charge in [-0.3, -0.25) is 9.59 Å². The number of nitrogens with zero attached hydrogens (tertiary/aromatic N) is 1. The lowest BCUT2D eigenvalue weighted by atomic mass is 9.95. The van der Waals surface area contributed by atoms with Crippen LogP contribution in [0.4, 0.5) is 0 Å². The summed E-state index contributed by atoms with van der Waals surface area (Å²) in [6.07, 6.45) is 1.72. The first-order valence-corrected chi connectivity index (χ1v) is 9.44. The van der Waals surface area contributed by atoms with Crippen LogP contribution in [0.25, 0.3) is 0 Å². The topological polar surface area (TPSA) is 67.9 Å². The second-order valence-electron chi connectivity index (χ2n) is 7.36. The number of nitrogens with one attached hydrogen (secondary N) is 1. The Kier molecular flexibility index (Phi) is 6.27. The van der Waals surface area contributed by atoms with Gasteiger partial charge < -0.3 is 19.7 Å². The molecule has 2 fully saturated rings. The number of benzene rings is 1. The largest absolute Gasteiger partial charge is 0.350 e. The Morgan fingerprint density at radius 3 is 2.50 bits per heavy atom. The van der Waals surface area contributed by atoms with Gasteiger partial charge in [-0.2, -0.15) is 0 Å². The Labute approximate surface area is 154 Å². The third-order valence-corrected chi connectivity index (χ3v) is 5.06. The van der Waals surface area contributed by atoms with Gasteiger partial charge in [0.1, 0.15) is 6.04 Å². The van der Waals surface area contributed by atoms with Gasteiger partial charge >= 0.3 is 0 Å². The van der Waals surface area contributed by atoms with Crippen molar-refractivity contribution in [2.24, 2.45) is 11.8 Å². The molecule has 2 saturated heterocycles. The summed E-state index contributed by atoms with van der Waals surface area (Å²) >= 11 is 0. The fourth-order valence-corrected chi connectivity index (χ4v) is 3.61. The first kappa shape index (κ1) is 18.9. The predicted octanol–water partition coefficient (Wildman–Crippen LogP) is 2.05. The summed E-state index contributed by atoms with van der Waals surface area (Å²) in [5, 5.41) is 2.92. The van der Waals surface area contributed by atoms with Gasteiger partial charge in [0, 0.05) is 24.6 Å². The Morgan fingerprint density at radius 2 is 1.85 bits per heavy atom. The van der Waals surface area contributed by atoms with E-state index in [-0.39, 0.29) is 29.9 Å². The van der Waals surface area contributed by atoms with Crippen LogP contribution in [0.2, 0.25) is 0 Å². The quantitative estimate of drug-likeness (QED) is 0.873. The van der Waals surface area contributed by atoms with Gasteiger partial charge in [-0.25, -0.2) is 0 Å². The van der Waals surface area contributed by atoms with Crippen LogP contribution in [0.1, 0.15) is 37.0 Å². The molecule has 2 unspecified atom stereocenters. The number of hydrogen-bond donors (Lipinski definition) is 1. The standard InChI is InChI=1S/C20H28N2O4/c1-14(2)17(21-18(23)15-7-4-3-5-8-15)19(24)22-10-6-9-16(13-22)20-25-11-12-26-20/h3-5,7-8,14,16-17,20H,6,9-13H2,1-2H3,(H,21,23). The van der Waals surface area contributed by atoms with Gasteiger partial charge in [-0.15, -0.1) is 0 Å². The van der Waals surface area contributed by atoms with Gasteiger partial charge in [0.25, 0.3) is 5.91 Å². The first-order chi connectivity index (χ1) is 12.6. The molecule has 0 radical (unpaired) electrons. The highest BCUT2D eigenvalue weighted by Crippen LogP contribution is 2.25. The van der Waals surface area contributed by atoms with Crippen LogP contribution in [0, 0.1) is 11.8 Å². The smallest absolute Gasteiger partial charge is 0.251 e. The summed E-state index contributed by atoms with van der Waals surface area (Å²) in [6, 6.07) is 8.47. The summed E-state index contributed by atoms with van der Waals surface area (Å²) in [5.41, 5.74) is 0.565. The molecular weight excluding hydrogens is 332 g/mol. The van der Waals surface area contributed by atoms with Crippen molar-refractivity contribution < 1.29 is 19.1 Å². The molecule has 2 amide bonds. The third kappa shape index (κ3) is 4.43. The van der Waals surface area contributed by atoms with Crippen LogP contribution in [-0.2, 0) is 14.3 Å². The number of carbonyl (C=O) groups is 2. The number of likely N-dealkylation sites (tertiary alicyclic amines) is 1. The van der Waals surface area contributed by atoms with Gasteiger partial charge in [0.2, 0.25) is 5.91 Å². The lowest BCUT2D eigenvalue weighted by molar-refractivity contribution is -0.142. The molecule has 0 bridgehead atoms. The lowest BCUT2D eigenvalue weighted by Gasteiger charge is -2.37. The van der Waals surface area contributed by atoms with E-state index >= 15 is 0 Å². The van der Waals surface area contributed by atoms with Gasteiger partial charge in [-0.05, 0) is 30.9 Å². The number of amides is 2. The number of piperidine rings is 1. The maximum Gasteiger partial charge on any atom is 0.251 e. The van der Waals surface area contributed by atoms with Crippen LogP contribution >= 0.6 is 0 Å². The first-order valence-electron chi connectivity index (χ1n) is 9.44. The van der Waals surface area contributed by atoms with Crippen LogP contribution in [-0.4, -0.2) is 55.3 Å². The molecule has 1 N–H and O–H groups in total. The molecule has 6 heteroatoms. The van der Waals surface area contributed by atoms with Crippen molar-refractivity contribution >= 4 is 11.8 Å². The Hall–Kier alpha value is -1.92. The molecule has 3 rings (SSSR count). The molecule has 0 aromatic heterocycles. The van der Waals surface area contributed by atoms with E-state index in [0.717, 1.165) is 12.8 Å². The summed E-state index contributed by atoms with van der Waals surface area (Å²) in [5.74, 6) is -0.0250. The van der Waals surface area contributed by atoms with E-state index in [9.17, 15) is 9.59 Å². The van der Waals surface area contributed by atoms with E-state index in [1.807, 2.05) is 36.9 Å². The molecule has 6 nitrogen and oxygen atoms in total. The highest BCUT2D eigenvalue weighted by molar-refractivity contribution is 5.97. The van der Waals surface area contributed by atoms with Crippen molar-refractivity contribution in [3.05, 3.63) is 35.9 Å². The molecule has 1 aromatic rings. The molecular formula is C20H28N2O4. The van der Waals surface area contributed by atoms with Crippen molar-refractivity contribution in [3.8, 4) is 0 Å². The summed E-state index contributed by atoms with van der Waals surface area (Å²) < 4.78 is 11.2. The molecule has 2 aliphatic heterocycles. The molecule has 142 valence electrons. The summed E-state index contributed by atoms with van der Waals surface area (Å²) in [4.78, 5) is 27.5. The van der Waals surface area contributed by atoms with E-state index in [2.05, 4.69) is 5.32 Å². The fraction of sp³-hybridized carbons (Fsp3) is 0.600. The Balaban J connectivity index is 1.65. The lowest BCUT2D eigenvalue weighted by Crippen LogP contribution is -2.54. The minimum atomic E-state index is -0.535. The van der Waals surface area contributed by atoms with Crippen molar-refractivity contribution in [1.29, 1.82) is 0 Å². The maximum absolute atomic E-state index is 13.1. The molecule has 2 atom stereocenters. The number of hydrogen-bond acceptors (Lipinski definition) is 4. The van der Waals surface area contributed by atoms with Crippen LogP contribution in [0.5, 0.6) is 0 Å². The third-order valence-electron chi connectivity index (χ3n) is 5.06. The van der Waals surface area contributed by atoms with E-state index < -0.39 is 6.04 Å². The summed E-state index contributed by atoms with van der Waals surface area (Å²) in [6.45, 7) is 6.49. The monoisotopic (exact) mass is 360 g/mol. The van der Waals surface area contributed by atoms with Crippen molar-refractivity contribution in [3.63, 3.8) is 0 Å². The number of rotatable bonds is 5. The van der Waals surface area contributed by atoms with E-state index in [4.69, 9.17) is 9.47 Å². The normalized spacial score (nSPS) is 22.4. The molecule has 26 heavy (non-hydrogen) atoms. The van der Waals surface area contributed by atoms with Gasteiger partial charge in [0.15, 0.2) is 6.29 Å². The van der Waals surface area contributed by atoms with Gasteiger partial charge in [-0.1, -0.05) is 32.0 Å². The summed E-state index contributed by atoms with van der Waals surface area (Å²) in [7, 11) is 0. The second-order valence-corrected chi connectivity index (χ2v) is 7.36. The number of ether oxygens (including phenoxy) is 2. The van der Waals surface area contributed by atoms with Crippen LogP contribution < -0.4 is 5.32 Å². The molecule has 0 spiro atoms. The van der Waals surface area contributed by atoms with E-state index in [0.29, 0.717) is 31.9 Å². The van der Waals surface area contributed by atoms with E-state index in [1.54, 1.807) is 12.1 Å². The SMILES string of the molecule is CC(C)C(NC(=O)c1ccccc1)C(=O)N1CCCC(C2OCCO2)C1. The molecule has 2 heterocycles. The highest BCUT2D eigenvalue weighted by atomic mass is 16.7. The zero-order valence-electron chi connectivity index (χ0n) is 15.5. The zero-order chi connectivity index (χ0) is 18.5.